The molecule has 0 saturated carbocycles. The smallest absolute Gasteiger partial charge is 0.166 e. The van der Waals surface area contributed by atoms with Crippen LogP contribution in [0.3, 0.4) is 0 Å². The number of hydrogen-bond donors (Lipinski definition) is 2. The van der Waals surface area contributed by atoms with Crippen molar-refractivity contribution < 1.29 is 9.47 Å². The van der Waals surface area contributed by atoms with Gasteiger partial charge in [0.05, 0.1) is 6.61 Å². The molecule has 1 atom stereocenters. The topological polar surface area (TPSA) is 42.5 Å². The molecule has 0 rings (SSSR count). The van der Waals surface area contributed by atoms with Crippen LogP contribution in [0, 0.1) is 5.92 Å². The SMILES string of the molecule is COCCCNC(=S)NCC(C)COC. The van der Waals surface area contributed by atoms with Gasteiger partial charge in [-0.3, -0.25) is 0 Å². The lowest BCUT2D eigenvalue weighted by atomic mass is 10.2. The number of hydrogen-bond acceptors (Lipinski definition) is 3. The summed E-state index contributed by atoms with van der Waals surface area (Å²) in [6, 6.07) is 0. The van der Waals surface area contributed by atoms with Crippen LogP contribution in [-0.4, -0.2) is 45.6 Å². The van der Waals surface area contributed by atoms with E-state index in [1.165, 1.54) is 0 Å². The second-order valence-electron chi connectivity index (χ2n) is 3.54. The molecule has 0 bridgehead atoms. The molecule has 5 heteroatoms. The van der Waals surface area contributed by atoms with E-state index in [0.29, 0.717) is 11.0 Å². The molecule has 0 aromatic rings. The monoisotopic (exact) mass is 234 g/mol. The first kappa shape index (κ1) is 14.6. The van der Waals surface area contributed by atoms with Gasteiger partial charge in [-0.15, -0.1) is 0 Å². The van der Waals surface area contributed by atoms with Crippen LogP contribution in [-0.2, 0) is 9.47 Å². The third-order valence-electron chi connectivity index (χ3n) is 1.87. The van der Waals surface area contributed by atoms with Gasteiger partial charge in [0.1, 0.15) is 0 Å². The first-order valence-corrected chi connectivity index (χ1v) is 5.61. The van der Waals surface area contributed by atoms with Crippen molar-refractivity contribution in [1.82, 2.24) is 10.6 Å². The fourth-order valence-electron chi connectivity index (χ4n) is 1.09. The van der Waals surface area contributed by atoms with E-state index in [-0.39, 0.29) is 0 Å². The molecular formula is C10H22N2O2S. The zero-order valence-corrected chi connectivity index (χ0v) is 10.7. The van der Waals surface area contributed by atoms with E-state index in [0.717, 1.165) is 32.7 Å². The Morgan fingerprint density at radius 3 is 2.60 bits per heavy atom. The summed E-state index contributed by atoms with van der Waals surface area (Å²) in [5, 5.41) is 6.96. The summed E-state index contributed by atoms with van der Waals surface area (Å²) in [5.41, 5.74) is 0. The van der Waals surface area contributed by atoms with Gasteiger partial charge < -0.3 is 20.1 Å². The van der Waals surface area contributed by atoms with Gasteiger partial charge in [0, 0.05) is 33.9 Å². The maximum absolute atomic E-state index is 5.10. The maximum atomic E-state index is 5.10. The van der Waals surface area contributed by atoms with Crippen LogP contribution in [0.25, 0.3) is 0 Å². The van der Waals surface area contributed by atoms with Gasteiger partial charge in [-0.05, 0) is 24.6 Å². The van der Waals surface area contributed by atoms with E-state index in [2.05, 4.69) is 17.6 Å². The number of ether oxygens (including phenoxy) is 2. The van der Waals surface area contributed by atoms with Crippen LogP contribution in [0.2, 0.25) is 0 Å². The highest BCUT2D eigenvalue weighted by Gasteiger charge is 2.01. The first-order valence-electron chi connectivity index (χ1n) is 5.20. The summed E-state index contributed by atoms with van der Waals surface area (Å²) in [6.45, 7) is 5.31. The van der Waals surface area contributed by atoms with Crippen molar-refractivity contribution >= 4 is 17.3 Å². The van der Waals surface area contributed by atoms with E-state index in [1.807, 2.05) is 0 Å². The molecule has 0 amide bonds. The molecule has 90 valence electrons. The lowest BCUT2D eigenvalue weighted by Crippen LogP contribution is -2.38. The van der Waals surface area contributed by atoms with Crippen LogP contribution < -0.4 is 10.6 Å². The van der Waals surface area contributed by atoms with Crippen LogP contribution in [0.5, 0.6) is 0 Å². The summed E-state index contributed by atoms with van der Waals surface area (Å²) >= 11 is 5.10. The number of rotatable bonds is 8. The minimum absolute atomic E-state index is 0.466. The van der Waals surface area contributed by atoms with Crippen molar-refractivity contribution in [3.05, 3.63) is 0 Å². The van der Waals surface area contributed by atoms with Gasteiger partial charge >= 0.3 is 0 Å². The lowest BCUT2D eigenvalue weighted by molar-refractivity contribution is 0.161. The fraction of sp³-hybridized carbons (Fsp3) is 0.900. The van der Waals surface area contributed by atoms with Gasteiger partial charge in [-0.25, -0.2) is 0 Å². The minimum atomic E-state index is 0.466. The molecule has 0 aliphatic rings. The average molecular weight is 234 g/mol. The molecule has 0 aliphatic heterocycles. The Morgan fingerprint density at radius 2 is 2.00 bits per heavy atom. The lowest BCUT2D eigenvalue weighted by Gasteiger charge is -2.14. The van der Waals surface area contributed by atoms with Crippen LogP contribution >= 0.6 is 12.2 Å². The van der Waals surface area contributed by atoms with Gasteiger partial charge in [0.2, 0.25) is 0 Å². The van der Waals surface area contributed by atoms with Crippen molar-refractivity contribution in [1.29, 1.82) is 0 Å². The minimum Gasteiger partial charge on any atom is -0.385 e. The zero-order chi connectivity index (χ0) is 11.5. The van der Waals surface area contributed by atoms with Gasteiger partial charge in [-0.1, -0.05) is 6.92 Å². The second-order valence-corrected chi connectivity index (χ2v) is 3.95. The number of thiocarbonyl (C=S) groups is 1. The van der Waals surface area contributed by atoms with Crippen molar-refractivity contribution in [3.8, 4) is 0 Å². The molecule has 0 radical (unpaired) electrons. The zero-order valence-electron chi connectivity index (χ0n) is 9.84. The van der Waals surface area contributed by atoms with Gasteiger partial charge in [-0.2, -0.15) is 0 Å². The fourth-order valence-corrected chi connectivity index (χ4v) is 1.28. The number of methoxy groups -OCH3 is 2. The molecule has 0 aromatic carbocycles. The van der Waals surface area contributed by atoms with Crippen LogP contribution in [0.15, 0.2) is 0 Å². The van der Waals surface area contributed by atoms with Crippen molar-refractivity contribution in [2.45, 2.75) is 13.3 Å². The molecule has 0 saturated heterocycles. The van der Waals surface area contributed by atoms with Crippen LogP contribution in [0.4, 0.5) is 0 Å². The summed E-state index contributed by atoms with van der Waals surface area (Å²) in [5.74, 6) is 0.466. The molecule has 4 nitrogen and oxygen atoms in total. The van der Waals surface area contributed by atoms with E-state index in [4.69, 9.17) is 21.7 Å². The summed E-state index contributed by atoms with van der Waals surface area (Å²) in [4.78, 5) is 0. The summed E-state index contributed by atoms with van der Waals surface area (Å²) in [7, 11) is 3.40. The van der Waals surface area contributed by atoms with Crippen molar-refractivity contribution in [2.75, 3.05) is 40.5 Å². The van der Waals surface area contributed by atoms with Crippen molar-refractivity contribution in [2.24, 2.45) is 5.92 Å². The van der Waals surface area contributed by atoms with E-state index < -0.39 is 0 Å². The predicted molar refractivity (Wildman–Crippen MR) is 66.1 cm³/mol. The highest BCUT2D eigenvalue weighted by molar-refractivity contribution is 7.80. The Labute approximate surface area is 97.7 Å². The Morgan fingerprint density at radius 1 is 1.27 bits per heavy atom. The summed E-state index contributed by atoms with van der Waals surface area (Å²) < 4.78 is 9.96. The Balaban J connectivity index is 3.32. The number of nitrogens with one attached hydrogen (secondary N) is 2. The Hall–Kier alpha value is -0.390. The Kier molecular flexibility index (Phi) is 9.88. The molecule has 0 fully saturated rings. The third kappa shape index (κ3) is 9.90. The summed E-state index contributed by atoms with van der Waals surface area (Å²) in [6.07, 6.45) is 0.964. The van der Waals surface area contributed by atoms with Gasteiger partial charge in [0.25, 0.3) is 0 Å². The largest absolute Gasteiger partial charge is 0.385 e. The average Bonchev–Trinajstić information content (AvgIpc) is 2.22. The third-order valence-corrected chi connectivity index (χ3v) is 2.16. The standard InChI is InChI=1S/C10H22N2O2S/c1-9(8-14-3)7-12-10(15)11-5-4-6-13-2/h9H,4-8H2,1-3H3,(H2,11,12,15). The normalized spacial score (nSPS) is 12.2. The van der Waals surface area contributed by atoms with E-state index >= 15 is 0 Å². The predicted octanol–water partition coefficient (Wildman–Crippen LogP) is 0.769. The molecule has 2 N–H and O–H groups in total. The van der Waals surface area contributed by atoms with E-state index in [1.54, 1.807) is 14.2 Å². The Bertz CT molecular complexity index is 168. The first-order chi connectivity index (χ1) is 7.20. The van der Waals surface area contributed by atoms with Crippen LogP contribution in [0.1, 0.15) is 13.3 Å². The maximum Gasteiger partial charge on any atom is 0.166 e. The quantitative estimate of drug-likeness (QED) is 0.480. The molecule has 0 heterocycles. The highest BCUT2D eigenvalue weighted by Crippen LogP contribution is 1.91. The molecule has 0 aromatic heterocycles. The molecule has 15 heavy (non-hydrogen) atoms. The molecule has 1 unspecified atom stereocenters. The van der Waals surface area contributed by atoms with Crippen molar-refractivity contribution in [3.63, 3.8) is 0 Å². The van der Waals surface area contributed by atoms with E-state index in [9.17, 15) is 0 Å². The highest BCUT2D eigenvalue weighted by atomic mass is 32.1. The molecular weight excluding hydrogens is 212 g/mol. The molecule has 0 spiro atoms. The second kappa shape index (κ2) is 10.1. The molecule has 0 aliphatic carbocycles. The van der Waals surface area contributed by atoms with Gasteiger partial charge in [0.15, 0.2) is 5.11 Å².